The molecular formula is C23H32N6O5. The van der Waals surface area contributed by atoms with Crippen LogP contribution in [0.4, 0.5) is 22.9 Å². The molecule has 184 valence electrons. The standard InChI is InChI=1S/C23H32N6O5/c1-3-5-14-28-20(24)19(21(30)25-23(28)32)27(11-4-2)22(31)16-9-10-17(18(15-16)29(33)34)26-12-7-6-8-13-26/h9-10,15H,3-8,11-14,24H2,1-2H3,(H,25,30,32). The minimum Gasteiger partial charge on any atom is -0.383 e. The van der Waals surface area contributed by atoms with Crippen molar-refractivity contribution in [2.45, 2.75) is 58.9 Å². The number of aromatic amines is 1. The van der Waals surface area contributed by atoms with Gasteiger partial charge in [0.2, 0.25) is 0 Å². The summed E-state index contributed by atoms with van der Waals surface area (Å²) >= 11 is 0. The van der Waals surface area contributed by atoms with Gasteiger partial charge in [-0.25, -0.2) is 4.79 Å². The van der Waals surface area contributed by atoms with Crippen LogP contribution in [0.2, 0.25) is 0 Å². The average molecular weight is 473 g/mol. The second-order valence-electron chi connectivity index (χ2n) is 8.46. The first kappa shape index (κ1) is 25.0. The van der Waals surface area contributed by atoms with E-state index in [1.54, 1.807) is 12.1 Å². The molecule has 0 unspecified atom stereocenters. The Morgan fingerprint density at radius 2 is 1.88 bits per heavy atom. The predicted octanol–water partition coefficient (Wildman–Crippen LogP) is 2.87. The monoisotopic (exact) mass is 472 g/mol. The number of nitrogen functional groups attached to an aromatic ring is 1. The molecule has 0 radical (unpaired) electrons. The predicted molar refractivity (Wildman–Crippen MR) is 132 cm³/mol. The molecule has 1 aliphatic heterocycles. The topological polar surface area (TPSA) is 148 Å². The number of benzene rings is 1. The summed E-state index contributed by atoms with van der Waals surface area (Å²) in [5.74, 6) is -0.684. The van der Waals surface area contributed by atoms with Crippen LogP contribution in [0, 0.1) is 10.1 Å². The molecule has 0 bridgehead atoms. The highest BCUT2D eigenvalue weighted by atomic mass is 16.6. The number of nitro benzene ring substituents is 1. The lowest BCUT2D eigenvalue weighted by molar-refractivity contribution is -0.384. The van der Waals surface area contributed by atoms with Gasteiger partial charge < -0.3 is 15.5 Å². The molecule has 1 aliphatic rings. The summed E-state index contributed by atoms with van der Waals surface area (Å²) in [5.41, 5.74) is 5.09. The van der Waals surface area contributed by atoms with E-state index < -0.39 is 22.1 Å². The molecule has 2 heterocycles. The molecule has 1 fully saturated rings. The summed E-state index contributed by atoms with van der Waals surface area (Å²) < 4.78 is 1.25. The Kier molecular flexibility index (Phi) is 8.08. The quantitative estimate of drug-likeness (QED) is 0.421. The smallest absolute Gasteiger partial charge is 0.330 e. The molecule has 1 saturated heterocycles. The molecule has 1 amide bonds. The molecule has 0 saturated carbocycles. The molecular weight excluding hydrogens is 440 g/mol. The van der Waals surface area contributed by atoms with Crippen molar-refractivity contribution < 1.29 is 9.72 Å². The Morgan fingerprint density at radius 3 is 2.50 bits per heavy atom. The van der Waals surface area contributed by atoms with E-state index >= 15 is 0 Å². The Hall–Kier alpha value is -3.63. The average Bonchev–Trinajstić information content (AvgIpc) is 2.83. The second-order valence-corrected chi connectivity index (χ2v) is 8.46. The Balaban J connectivity index is 2.06. The molecule has 34 heavy (non-hydrogen) atoms. The van der Waals surface area contributed by atoms with E-state index in [2.05, 4.69) is 4.98 Å². The number of nitrogens with one attached hydrogen (secondary N) is 1. The highest BCUT2D eigenvalue weighted by Crippen LogP contribution is 2.32. The van der Waals surface area contributed by atoms with E-state index in [9.17, 15) is 24.5 Å². The second kappa shape index (κ2) is 11.0. The number of carbonyl (C=O) groups is 1. The van der Waals surface area contributed by atoms with Gasteiger partial charge in [0.1, 0.15) is 11.5 Å². The number of nitro groups is 1. The van der Waals surface area contributed by atoms with Crippen molar-refractivity contribution in [1.82, 2.24) is 9.55 Å². The first-order valence-corrected chi connectivity index (χ1v) is 11.8. The SMILES string of the molecule is CCCCn1c(N)c(N(CCC)C(=O)c2ccc(N3CCCCC3)c([N+](=O)[O-])c2)c(=O)[nH]c1=O. The number of hydrogen-bond acceptors (Lipinski definition) is 7. The lowest BCUT2D eigenvalue weighted by atomic mass is 10.1. The number of carbonyl (C=O) groups excluding carboxylic acids is 1. The van der Waals surface area contributed by atoms with E-state index in [1.165, 1.54) is 15.5 Å². The number of unbranched alkanes of at least 4 members (excludes halogenated alkanes) is 1. The third kappa shape index (κ3) is 5.13. The number of amides is 1. The third-order valence-corrected chi connectivity index (χ3v) is 6.03. The third-order valence-electron chi connectivity index (χ3n) is 6.03. The fraction of sp³-hybridized carbons (Fsp3) is 0.522. The first-order valence-electron chi connectivity index (χ1n) is 11.8. The maximum absolute atomic E-state index is 13.5. The van der Waals surface area contributed by atoms with Crippen LogP contribution >= 0.6 is 0 Å². The molecule has 3 rings (SSSR count). The number of hydrogen-bond donors (Lipinski definition) is 2. The zero-order valence-electron chi connectivity index (χ0n) is 19.7. The Morgan fingerprint density at radius 1 is 1.18 bits per heavy atom. The van der Waals surface area contributed by atoms with Crippen LogP contribution in [-0.4, -0.2) is 40.0 Å². The number of H-pyrrole nitrogens is 1. The number of anilines is 3. The van der Waals surface area contributed by atoms with Crippen LogP contribution in [0.5, 0.6) is 0 Å². The van der Waals surface area contributed by atoms with Crippen molar-refractivity contribution >= 4 is 28.8 Å². The molecule has 1 aromatic carbocycles. The van der Waals surface area contributed by atoms with Gasteiger partial charge in [0.05, 0.1) is 4.92 Å². The minimum absolute atomic E-state index is 0.0750. The van der Waals surface area contributed by atoms with E-state index in [-0.39, 0.29) is 29.3 Å². The minimum atomic E-state index is -0.767. The van der Waals surface area contributed by atoms with Crippen LogP contribution < -0.4 is 26.8 Å². The van der Waals surface area contributed by atoms with Crippen LogP contribution in [0.3, 0.4) is 0 Å². The summed E-state index contributed by atoms with van der Waals surface area (Å²) in [4.78, 5) is 55.3. The van der Waals surface area contributed by atoms with Crippen molar-refractivity contribution in [3.8, 4) is 0 Å². The highest BCUT2D eigenvalue weighted by molar-refractivity contribution is 6.08. The van der Waals surface area contributed by atoms with E-state index in [0.717, 1.165) is 38.8 Å². The number of nitrogens with zero attached hydrogens (tertiary/aromatic N) is 4. The molecule has 1 aromatic heterocycles. The normalized spacial score (nSPS) is 13.6. The van der Waals surface area contributed by atoms with Gasteiger partial charge in [0, 0.05) is 37.8 Å². The fourth-order valence-electron chi connectivity index (χ4n) is 4.28. The maximum Gasteiger partial charge on any atom is 0.330 e. The Bertz CT molecular complexity index is 1170. The number of nitrogens with two attached hydrogens (primary N) is 1. The largest absolute Gasteiger partial charge is 0.383 e. The lowest BCUT2D eigenvalue weighted by Gasteiger charge is -2.29. The van der Waals surface area contributed by atoms with Crippen LogP contribution in [0.1, 0.15) is 62.7 Å². The van der Waals surface area contributed by atoms with Crippen molar-refractivity contribution in [3.63, 3.8) is 0 Å². The van der Waals surface area contributed by atoms with Gasteiger partial charge in [-0.15, -0.1) is 0 Å². The van der Waals surface area contributed by atoms with Gasteiger partial charge in [-0.1, -0.05) is 20.3 Å². The van der Waals surface area contributed by atoms with Gasteiger partial charge in [-0.05, 0) is 44.2 Å². The van der Waals surface area contributed by atoms with E-state index in [1.807, 2.05) is 18.7 Å². The van der Waals surface area contributed by atoms with Crippen molar-refractivity contribution in [2.75, 3.05) is 35.2 Å². The number of piperidine rings is 1. The van der Waals surface area contributed by atoms with Gasteiger partial charge in [0.25, 0.3) is 17.2 Å². The van der Waals surface area contributed by atoms with Gasteiger partial charge >= 0.3 is 5.69 Å². The zero-order valence-corrected chi connectivity index (χ0v) is 19.7. The van der Waals surface area contributed by atoms with Crippen LogP contribution in [-0.2, 0) is 6.54 Å². The van der Waals surface area contributed by atoms with E-state index in [0.29, 0.717) is 25.1 Å². The summed E-state index contributed by atoms with van der Waals surface area (Å²) in [6, 6.07) is 4.39. The molecule has 3 N–H and O–H groups in total. The summed E-state index contributed by atoms with van der Waals surface area (Å²) in [6.45, 7) is 5.69. The lowest BCUT2D eigenvalue weighted by Crippen LogP contribution is -2.41. The first-order chi connectivity index (χ1) is 16.3. The zero-order chi connectivity index (χ0) is 24.8. The molecule has 0 spiro atoms. The molecule has 11 heteroatoms. The molecule has 0 aliphatic carbocycles. The van der Waals surface area contributed by atoms with Crippen LogP contribution in [0.25, 0.3) is 0 Å². The van der Waals surface area contributed by atoms with Crippen molar-refractivity contribution in [1.29, 1.82) is 0 Å². The highest BCUT2D eigenvalue weighted by Gasteiger charge is 2.28. The summed E-state index contributed by atoms with van der Waals surface area (Å²) in [7, 11) is 0. The number of rotatable bonds is 9. The fourth-order valence-corrected chi connectivity index (χ4v) is 4.28. The molecule has 2 aromatic rings. The van der Waals surface area contributed by atoms with Crippen LogP contribution in [0.15, 0.2) is 27.8 Å². The molecule has 11 nitrogen and oxygen atoms in total. The van der Waals surface area contributed by atoms with E-state index in [4.69, 9.17) is 5.73 Å². The van der Waals surface area contributed by atoms with Gasteiger partial charge in [0.15, 0.2) is 5.69 Å². The van der Waals surface area contributed by atoms with Crippen molar-refractivity contribution in [2.24, 2.45) is 0 Å². The summed E-state index contributed by atoms with van der Waals surface area (Å²) in [6.07, 6.45) is 4.98. The molecule has 0 atom stereocenters. The van der Waals surface area contributed by atoms with Gasteiger partial charge in [-0.2, -0.15) is 0 Å². The number of aromatic nitrogens is 2. The maximum atomic E-state index is 13.5. The summed E-state index contributed by atoms with van der Waals surface area (Å²) in [5, 5.41) is 11.8. The van der Waals surface area contributed by atoms with Gasteiger partial charge in [-0.3, -0.25) is 29.3 Å². The Labute approximate surface area is 197 Å². The van der Waals surface area contributed by atoms with Crippen molar-refractivity contribution in [3.05, 3.63) is 54.7 Å².